The third-order valence-corrected chi connectivity index (χ3v) is 5.10. The third kappa shape index (κ3) is 5.89. The number of hydrogen-bond donors (Lipinski definition) is 0. The van der Waals surface area contributed by atoms with Gasteiger partial charge < -0.3 is 4.90 Å². The number of hydrogen-bond acceptors (Lipinski definition) is 4. The molecule has 0 unspecified atom stereocenters. The standard InChI is InChI=1S/C19H24F3N5OS/c1-24(2)16(28)11-25(12-19(20,21)22)13-27-18(29)26(17(23-27)15-8-9-15)10-14-6-4-3-5-7-14/h3-7,15H,8-13H2,1-2H3. The smallest absolute Gasteiger partial charge is 0.348 e. The SMILES string of the molecule is CN(C)C(=O)CN(Cn1nc(C2CC2)n(Cc2ccccc2)c1=S)CC(F)(F)F. The lowest BCUT2D eigenvalue weighted by Gasteiger charge is -2.24. The topological polar surface area (TPSA) is 46.3 Å². The lowest BCUT2D eigenvalue weighted by Crippen LogP contribution is -2.42. The molecule has 2 aromatic rings. The Morgan fingerprint density at radius 2 is 1.90 bits per heavy atom. The molecular formula is C19H24F3N5OS. The van der Waals surface area contributed by atoms with E-state index < -0.39 is 18.6 Å². The van der Waals surface area contributed by atoms with Gasteiger partial charge in [0.2, 0.25) is 5.91 Å². The second kappa shape index (κ2) is 8.66. The molecule has 10 heteroatoms. The van der Waals surface area contributed by atoms with E-state index in [1.54, 1.807) is 0 Å². The highest BCUT2D eigenvalue weighted by atomic mass is 32.1. The molecule has 1 aromatic carbocycles. The van der Waals surface area contributed by atoms with Crippen LogP contribution >= 0.6 is 12.2 Å². The summed E-state index contributed by atoms with van der Waals surface area (Å²) >= 11 is 5.54. The van der Waals surface area contributed by atoms with Gasteiger partial charge in [-0.1, -0.05) is 30.3 Å². The first-order valence-electron chi connectivity index (χ1n) is 9.35. The Labute approximate surface area is 172 Å². The van der Waals surface area contributed by atoms with Crippen LogP contribution in [0.2, 0.25) is 0 Å². The molecule has 6 nitrogen and oxygen atoms in total. The van der Waals surface area contributed by atoms with Crippen LogP contribution in [0.1, 0.15) is 30.1 Å². The highest BCUT2D eigenvalue weighted by Gasteiger charge is 2.34. The summed E-state index contributed by atoms with van der Waals surface area (Å²) < 4.78 is 42.8. The van der Waals surface area contributed by atoms with E-state index in [9.17, 15) is 18.0 Å². The summed E-state index contributed by atoms with van der Waals surface area (Å²) in [5.41, 5.74) is 1.04. The van der Waals surface area contributed by atoms with Gasteiger partial charge in [0.1, 0.15) is 5.82 Å². The van der Waals surface area contributed by atoms with Crippen LogP contribution in [-0.2, 0) is 18.0 Å². The van der Waals surface area contributed by atoms with Crippen molar-refractivity contribution in [3.63, 3.8) is 0 Å². The molecule has 1 aromatic heterocycles. The van der Waals surface area contributed by atoms with Crippen LogP contribution in [0.25, 0.3) is 0 Å². The zero-order chi connectivity index (χ0) is 21.2. The maximum absolute atomic E-state index is 13.0. The van der Waals surface area contributed by atoms with Crippen LogP contribution in [0, 0.1) is 4.77 Å². The minimum Gasteiger partial charge on any atom is -0.348 e. The maximum Gasteiger partial charge on any atom is 0.401 e. The number of rotatable bonds is 8. The van der Waals surface area contributed by atoms with E-state index in [0.717, 1.165) is 29.1 Å². The van der Waals surface area contributed by atoms with Crippen LogP contribution in [0.4, 0.5) is 13.2 Å². The predicted octanol–water partition coefficient (Wildman–Crippen LogP) is 3.25. The highest BCUT2D eigenvalue weighted by Crippen LogP contribution is 2.39. The Bertz CT molecular complexity index is 903. The van der Waals surface area contributed by atoms with Gasteiger partial charge in [0.25, 0.3) is 0 Å². The Hall–Kier alpha value is -2.20. The van der Waals surface area contributed by atoms with Gasteiger partial charge in [0.15, 0.2) is 4.77 Å². The summed E-state index contributed by atoms with van der Waals surface area (Å²) in [6.07, 6.45) is -2.45. The molecule has 1 amide bonds. The summed E-state index contributed by atoms with van der Waals surface area (Å²) in [5, 5.41) is 4.53. The zero-order valence-electron chi connectivity index (χ0n) is 16.4. The quantitative estimate of drug-likeness (QED) is 0.607. The number of aromatic nitrogens is 3. The monoisotopic (exact) mass is 427 g/mol. The second-order valence-corrected chi connectivity index (χ2v) is 7.88. The minimum absolute atomic E-state index is 0.195. The molecule has 0 spiro atoms. The molecule has 0 bridgehead atoms. The van der Waals surface area contributed by atoms with E-state index in [4.69, 9.17) is 12.2 Å². The molecule has 29 heavy (non-hydrogen) atoms. The summed E-state index contributed by atoms with van der Waals surface area (Å²) in [6, 6.07) is 9.73. The van der Waals surface area contributed by atoms with Gasteiger partial charge in [-0.3, -0.25) is 14.3 Å². The highest BCUT2D eigenvalue weighted by molar-refractivity contribution is 7.71. The fourth-order valence-corrected chi connectivity index (χ4v) is 3.30. The molecule has 1 saturated carbocycles. The Morgan fingerprint density at radius 1 is 1.24 bits per heavy atom. The fraction of sp³-hybridized carbons (Fsp3) is 0.526. The van der Waals surface area contributed by atoms with Gasteiger partial charge >= 0.3 is 6.18 Å². The Kier molecular flexibility index (Phi) is 6.42. The molecule has 0 atom stereocenters. The van der Waals surface area contributed by atoms with Crippen molar-refractivity contribution >= 4 is 18.1 Å². The van der Waals surface area contributed by atoms with Crippen LogP contribution in [0.3, 0.4) is 0 Å². The summed E-state index contributed by atoms with van der Waals surface area (Å²) in [5.74, 6) is 0.665. The molecule has 1 heterocycles. The van der Waals surface area contributed by atoms with Gasteiger partial charge in [0, 0.05) is 20.0 Å². The van der Waals surface area contributed by atoms with Crippen molar-refractivity contribution in [2.24, 2.45) is 0 Å². The predicted molar refractivity (Wildman–Crippen MR) is 105 cm³/mol. The number of amides is 1. The zero-order valence-corrected chi connectivity index (χ0v) is 17.2. The van der Waals surface area contributed by atoms with E-state index in [2.05, 4.69) is 5.10 Å². The van der Waals surface area contributed by atoms with Gasteiger partial charge in [-0.2, -0.15) is 18.3 Å². The summed E-state index contributed by atoms with van der Waals surface area (Å²) in [7, 11) is 3.03. The van der Waals surface area contributed by atoms with E-state index in [1.807, 2.05) is 34.9 Å². The van der Waals surface area contributed by atoms with Crippen molar-refractivity contribution < 1.29 is 18.0 Å². The van der Waals surface area contributed by atoms with E-state index >= 15 is 0 Å². The largest absolute Gasteiger partial charge is 0.401 e. The van der Waals surface area contributed by atoms with Crippen molar-refractivity contribution in [1.29, 1.82) is 0 Å². The van der Waals surface area contributed by atoms with Gasteiger partial charge in [-0.15, -0.1) is 0 Å². The van der Waals surface area contributed by atoms with Crippen molar-refractivity contribution in [1.82, 2.24) is 24.1 Å². The molecular weight excluding hydrogens is 403 g/mol. The van der Waals surface area contributed by atoms with Crippen molar-refractivity contribution in [2.75, 3.05) is 27.2 Å². The van der Waals surface area contributed by atoms with E-state index in [1.165, 1.54) is 23.7 Å². The van der Waals surface area contributed by atoms with E-state index in [0.29, 0.717) is 11.3 Å². The second-order valence-electron chi connectivity index (χ2n) is 7.52. The average molecular weight is 427 g/mol. The molecule has 3 rings (SSSR count). The molecule has 1 fully saturated rings. The van der Waals surface area contributed by atoms with Crippen LogP contribution in [0.15, 0.2) is 30.3 Å². The normalized spacial score (nSPS) is 14.4. The maximum atomic E-state index is 13.0. The molecule has 1 aliphatic carbocycles. The Balaban J connectivity index is 1.87. The number of carbonyl (C=O) groups excluding carboxylic acids is 1. The molecule has 1 aliphatic rings. The van der Waals surface area contributed by atoms with Crippen LogP contribution in [-0.4, -0.2) is 63.4 Å². The van der Waals surface area contributed by atoms with Crippen molar-refractivity contribution in [2.45, 2.75) is 38.1 Å². The number of benzene rings is 1. The molecule has 0 radical (unpaired) electrons. The first-order chi connectivity index (χ1) is 13.6. The average Bonchev–Trinajstić information content (AvgIpc) is 3.43. The van der Waals surface area contributed by atoms with Crippen molar-refractivity contribution in [3.8, 4) is 0 Å². The summed E-state index contributed by atoms with van der Waals surface area (Å²) in [4.78, 5) is 14.3. The van der Waals surface area contributed by atoms with E-state index in [-0.39, 0.29) is 19.1 Å². The summed E-state index contributed by atoms with van der Waals surface area (Å²) in [6.45, 7) is -1.25. The van der Waals surface area contributed by atoms with Crippen molar-refractivity contribution in [3.05, 3.63) is 46.5 Å². The lowest BCUT2D eigenvalue weighted by molar-refractivity contribution is -0.154. The van der Waals surface area contributed by atoms with Crippen LogP contribution in [0.5, 0.6) is 0 Å². The first-order valence-corrected chi connectivity index (χ1v) is 9.75. The minimum atomic E-state index is -4.43. The third-order valence-electron chi connectivity index (χ3n) is 4.67. The number of halogens is 3. The molecule has 0 N–H and O–H groups in total. The molecule has 158 valence electrons. The molecule has 0 saturated heterocycles. The number of nitrogens with zero attached hydrogens (tertiary/aromatic N) is 5. The fourth-order valence-electron chi connectivity index (χ4n) is 3.04. The van der Waals surface area contributed by atoms with Gasteiger partial charge in [-0.05, 0) is 30.6 Å². The lowest BCUT2D eigenvalue weighted by atomic mass is 10.2. The number of alkyl halides is 3. The Morgan fingerprint density at radius 3 is 2.45 bits per heavy atom. The molecule has 0 aliphatic heterocycles. The van der Waals surface area contributed by atoms with Gasteiger partial charge in [0.05, 0.1) is 26.3 Å². The number of likely N-dealkylation sites (N-methyl/N-ethyl adjacent to an activating group) is 1. The number of carbonyl (C=O) groups is 1. The van der Waals surface area contributed by atoms with Gasteiger partial charge in [-0.25, -0.2) is 4.68 Å². The van der Waals surface area contributed by atoms with Crippen LogP contribution < -0.4 is 0 Å². The first kappa shape index (κ1) is 21.5.